The first-order chi connectivity index (χ1) is 7.15. The van der Waals surface area contributed by atoms with E-state index in [1.807, 2.05) is 17.5 Å². The molecular formula is C11H11BrOS2. The van der Waals surface area contributed by atoms with E-state index in [9.17, 15) is 5.11 Å². The molecule has 2 heterocycles. The highest BCUT2D eigenvalue weighted by molar-refractivity contribution is 9.10. The van der Waals surface area contributed by atoms with Crippen LogP contribution < -0.4 is 0 Å². The zero-order valence-corrected chi connectivity index (χ0v) is 11.5. The molecular weight excluding hydrogens is 292 g/mol. The highest BCUT2D eigenvalue weighted by Gasteiger charge is 2.11. The van der Waals surface area contributed by atoms with E-state index >= 15 is 0 Å². The topological polar surface area (TPSA) is 20.2 Å². The molecule has 15 heavy (non-hydrogen) atoms. The van der Waals surface area contributed by atoms with Crippen molar-refractivity contribution in [2.24, 2.45) is 0 Å². The summed E-state index contributed by atoms with van der Waals surface area (Å²) in [6.07, 6.45) is 0.338. The zero-order chi connectivity index (χ0) is 10.8. The van der Waals surface area contributed by atoms with Crippen LogP contribution in [0.3, 0.4) is 0 Å². The summed E-state index contributed by atoms with van der Waals surface area (Å²) in [6.45, 7) is 2.06. The van der Waals surface area contributed by atoms with Crippen LogP contribution in [0.1, 0.15) is 20.7 Å². The number of aliphatic hydroxyl groups is 1. The molecule has 0 aliphatic heterocycles. The molecule has 2 aromatic rings. The Bertz CT molecular complexity index is 447. The van der Waals surface area contributed by atoms with Gasteiger partial charge in [0.25, 0.3) is 0 Å². The van der Waals surface area contributed by atoms with Crippen molar-refractivity contribution >= 4 is 38.6 Å². The lowest BCUT2D eigenvalue weighted by atomic mass is 10.2. The van der Waals surface area contributed by atoms with E-state index in [0.29, 0.717) is 6.42 Å². The minimum atomic E-state index is -0.366. The van der Waals surface area contributed by atoms with Crippen molar-refractivity contribution in [2.45, 2.75) is 19.4 Å². The van der Waals surface area contributed by atoms with E-state index < -0.39 is 0 Å². The molecule has 1 unspecified atom stereocenters. The molecule has 2 rings (SSSR count). The van der Waals surface area contributed by atoms with E-state index in [4.69, 9.17) is 0 Å². The van der Waals surface area contributed by atoms with Gasteiger partial charge < -0.3 is 5.11 Å². The summed E-state index contributed by atoms with van der Waals surface area (Å²) < 4.78 is 1.09. The number of aryl methyl sites for hydroxylation is 1. The molecule has 0 saturated heterocycles. The molecule has 1 atom stereocenters. The van der Waals surface area contributed by atoms with E-state index in [1.54, 1.807) is 22.7 Å². The second-order valence-corrected chi connectivity index (χ2v) is 6.63. The molecule has 1 nitrogen and oxygen atoms in total. The molecule has 0 radical (unpaired) electrons. The largest absolute Gasteiger partial charge is 0.387 e. The summed E-state index contributed by atoms with van der Waals surface area (Å²) >= 11 is 6.76. The smallest absolute Gasteiger partial charge is 0.0930 e. The molecule has 0 amide bonds. The van der Waals surface area contributed by atoms with Gasteiger partial charge in [0.05, 0.1) is 6.10 Å². The first-order valence-corrected chi connectivity index (χ1v) is 7.11. The number of hydrogen-bond acceptors (Lipinski definition) is 3. The molecule has 0 aliphatic rings. The van der Waals surface area contributed by atoms with Crippen molar-refractivity contribution in [3.05, 3.63) is 42.7 Å². The van der Waals surface area contributed by atoms with Gasteiger partial charge in [-0.2, -0.15) is 0 Å². The first kappa shape index (κ1) is 11.3. The number of rotatable bonds is 3. The fraction of sp³-hybridized carbons (Fsp3) is 0.273. The van der Waals surface area contributed by atoms with Gasteiger partial charge in [0.15, 0.2) is 0 Å². The minimum Gasteiger partial charge on any atom is -0.387 e. The predicted molar refractivity (Wildman–Crippen MR) is 69.7 cm³/mol. The standard InChI is InChI=1S/C11H11BrOS2/c1-7-2-3-11(15-7)10(13)5-9-4-8(12)6-14-9/h2-4,6,10,13H,5H2,1H3. The van der Waals surface area contributed by atoms with Gasteiger partial charge >= 0.3 is 0 Å². The van der Waals surface area contributed by atoms with E-state index in [0.717, 1.165) is 9.35 Å². The van der Waals surface area contributed by atoms with Gasteiger partial charge in [-0.3, -0.25) is 0 Å². The maximum atomic E-state index is 10.00. The number of halogens is 1. The predicted octanol–water partition coefficient (Wildman–Crippen LogP) is 4.16. The van der Waals surface area contributed by atoms with Crippen LogP contribution in [0.15, 0.2) is 28.1 Å². The quantitative estimate of drug-likeness (QED) is 0.903. The summed E-state index contributed by atoms with van der Waals surface area (Å²) in [5.41, 5.74) is 0. The molecule has 0 aromatic carbocycles. The molecule has 2 aromatic heterocycles. The van der Waals surface area contributed by atoms with Crippen LogP contribution >= 0.6 is 38.6 Å². The lowest BCUT2D eigenvalue weighted by Crippen LogP contribution is -1.97. The SMILES string of the molecule is Cc1ccc(C(O)Cc2cc(Br)cs2)s1. The minimum absolute atomic E-state index is 0.366. The third-order valence-electron chi connectivity index (χ3n) is 2.11. The summed E-state index contributed by atoms with van der Waals surface area (Å²) in [6, 6.07) is 6.12. The summed E-state index contributed by atoms with van der Waals surface area (Å²) in [4.78, 5) is 3.51. The van der Waals surface area contributed by atoms with Crippen molar-refractivity contribution in [3.63, 3.8) is 0 Å². The van der Waals surface area contributed by atoms with Crippen molar-refractivity contribution in [1.82, 2.24) is 0 Å². The highest BCUT2D eigenvalue weighted by atomic mass is 79.9. The van der Waals surface area contributed by atoms with Crippen molar-refractivity contribution in [2.75, 3.05) is 0 Å². The third-order valence-corrected chi connectivity index (χ3v) is 4.93. The van der Waals surface area contributed by atoms with Crippen LogP contribution in [-0.4, -0.2) is 5.11 Å². The van der Waals surface area contributed by atoms with Crippen molar-refractivity contribution in [1.29, 1.82) is 0 Å². The molecule has 0 bridgehead atoms. The molecule has 80 valence electrons. The molecule has 0 fully saturated rings. The Morgan fingerprint density at radius 1 is 1.47 bits per heavy atom. The maximum absolute atomic E-state index is 10.00. The van der Waals surface area contributed by atoms with Gasteiger partial charge in [0.1, 0.15) is 0 Å². The first-order valence-electron chi connectivity index (χ1n) is 4.62. The Labute approximate surface area is 106 Å². The van der Waals surface area contributed by atoms with E-state index in [1.165, 1.54) is 9.75 Å². The second-order valence-electron chi connectivity index (χ2n) is 3.40. The number of aliphatic hydroxyl groups excluding tert-OH is 1. The van der Waals surface area contributed by atoms with Gasteiger partial charge in [-0.05, 0) is 41.1 Å². The average molecular weight is 303 g/mol. The van der Waals surface area contributed by atoms with Crippen LogP contribution in [0.4, 0.5) is 0 Å². The fourth-order valence-electron chi connectivity index (χ4n) is 1.38. The fourth-order valence-corrected chi connectivity index (χ4v) is 3.74. The Morgan fingerprint density at radius 3 is 2.80 bits per heavy atom. The van der Waals surface area contributed by atoms with Crippen LogP contribution in [0.2, 0.25) is 0 Å². The molecule has 0 spiro atoms. The summed E-state index contributed by atoms with van der Waals surface area (Å²) in [7, 11) is 0. The van der Waals surface area contributed by atoms with Crippen LogP contribution in [0.25, 0.3) is 0 Å². The van der Waals surface area contributed by atoms with Crippen LogP contribution in [-0.2, 0) is 6.42 Å². The normalized spacial score (nSPS) is 13.0. The van der Waals surface area contributed by atoms with Crippen molar-refractivity contribution in [3.8, 4) is 0 Å². The molecule has 1 N–H and O–H groups in total. The lowest BCUT2D eigenvalue weighted by Gasteiger charge is -2.05. The Balaban J connectivity index is 2.06. The van der Waals surface area contributed by atoms with Crippen molar-refractivity contribution < 1.29 is 5.11 Å². The Kier molecular flexibility index (Phi) is 3.61. The zero-order valence-electron chi connectivity index (χ0n) is 8.24. The van der Waals surface area contributed by atoms with E-state index in [2.05, 4.69) is 28.9 Å². The lowest BCUT2D eigenvalue weighted by molar-refractivity contribution is 0.183. The molecule has 4 heteroatoms. The second kappa shape index (κ2) is 4.78. The summed E-state index contributed by atoms with van der Waals surface area (Å²) in [5, 5.41) is 12.0. The number of thiophene rings is 2. The number of hydrogen-bond donors (Lipinski definition) is 1. The maximum Gasteiger partial charge on any atom is 0.0930 e. The Morgan fingerprint density at radius 2 is 2.27 bits per heavy atom. The highest BCUT2D eigenvalue weighted by Crippen LogP contribution is 2.28. The monoisotopic (exact) mass is 302 g/mol. The van der Waals surface area contributed by atoms with Gasteiger partial charge in [-0.1, -0.05) is 0 Å². The Hall–Kier alpha value is -0.160. The molecule has 0 saturated carbocycles. The van der Waals surface area contributed by atoms with Crippen LogP contribution in [0, 0.1) is 6.92 Å². The van der Waals surface area contributed by atoms with Gasteiger partial charge in [-0.25, -0.2) is 0 Å². The molecule has 0 aliphatic carbocycles. The van der Waals surface area contributed by atoms with Gasteiger partial charge in [0.2, 0.25) is 0 Å². The van der Waals surface area contributed by atoms with Gasteiger partial charge in [-0.15, -0.1) is 22.7 Å². The van der Waals surface area contributed by atoms with Crippen LogP contribution in [0.5, 0.6) is 0 Å². The average Bonchev–Trinajstić information content (AvgIpc) is 2.75. The van der Waals surface area contributed by atoms with E-state index in [-0.39, 0.29) is 6.10 Å². The third kappa shape index (κ3) is 2.91. The summed E-state index contributed by atoms with van der Waals surface area (Å²) in [5.74, 6) is 0. The van der Waals surface area contributed by atoms with Gasteiger partial charge in [0, 0.05) is 30.9 Å².